The van der Waals surface area contributed by atoms with Crippen LogP contribution in [-0.4, -0.2) is 22.4 Å². The van der Waals surface area contributed by atoms with Gasteiger partial charge in [-0.25, -0.2) is 4.98 Å². The molecule has 6 heteroatoms. The lowest BCUT2D eigenvalue weighted by molar-refractivity contribution is 0.102. The van der Waals surface area contributed by atoms with Crippen LogP contribution in [0.4, 0.5) is 17.2 Å². The summed E-state index contributed by atoms with van der Waals surface area (Å²) in [6.45, 7) is 6.21. The number of pyridine rings is 2. The number of carbonyl (C=O) groups excluding carboxylic acids is 1. The van der Waals surface area contributed by atoms with Crippen molar-refractivity contribution in [3.05, 3.63) is 89.9 Å². The molecule has 32 heavy (non-hydrogen) atoms. The van der Waals surface area contributed by atoms with Crippen LogP contribution in [0.15, 0.2) is 73.2 Å². The van der Waals surface area contributed by atoms with Crippen molar-refractivity contribution in [1.29, 1.82) is 0 Å². The lowest BCUT2D eigenvalue weighted by Gasteiger charge is -2.33. The van der Waals surface area contributed by atoms with E-state index >= 15 is 0 Å². The van der Waals surface area contributed by atoms with Crippen LogP contribution in [0.1, 0.15) is 35.3 Å². The van der Waals surface area contributed by atoms with E-state index in [0.29, 0.717) is 11.4 Å². The number of nitrogens with one attached hydrogen (secondary N) is 3. The Morgan fingerprint density at radius 1 is 1.00 bits per heavy atom. The van der Waals surface area contributed by atoms with Crippen LogP contribution in [0.25, 0.3) is 10.8 Å². The van der Waals surface area contributed by atoms with Gasteiger partial charge in [-0.2, -0.15) is 0 Å². The number of carbonyl (C=O) groups is 1. The Bertz CT molecular complexity index is 1310. The molecule has 160 valence electrons. The van der Waals surface area contributed by atoms with Gasteiger partial charge in [0.15, 0.2) is 0 Å². The number of amides is 1. The molecule has 2 aromatic carbocycles. The van der Waals surface area contributed by atoms with E-state index in [4.69, 9.17) is 0 Å². The number of anilines is 3. The summed E-state index contributed by atoms with van der Waals surface area (Å²) in [6, 6.07) is 17.6. The van der Waals surface area contributed by atoms with E-state index in [1.54, 1.807) is 24.5 Å². The summed E-state index contributed by atoms with van der Waals surface area (Å²) in [7, 11) is 0. The van der Waals surface area contributed by atoms with Crippen molar-refractivity contribution in [1.82, 2.24) is 15.3 Å². The van der Waals surface area contributed by atoms with Crippen molar-refractivity contribution in [2.24, 2.45) is 0 Å². The summed E-state index contributed by atoms with van der Waals surface area (Å²) in [5.74, 6) is 0.306. The first-order chi connectivity index (χ1) is 15.5. The zero-order valence-corrected chi connectivity index (χ0v) is 18.1. The summed E-state index contributed by atoms with van der Waals surface area (Å²) in [5.41, 5.74) is 4.72. The normalized spacial score (nSPS) is 14.6. The average Bonchev–Trinajstić information content (AvgIpc) is 2.79. The second-order valence-electron chi connectivity index (χ2n) is 8.78. The van der Waals surface area contributed by atoms with Gasteiger partial charge < -0.3 is 16.0 Å². The molecule has 0 bridgehead atoms. The molecule has 0 saturated heterocycles. The van der Waals surface area contributed by atoms with E-state index in [1.165, 1.54) is 11.1 Å². The molecule has 0 saturated carbocycles. The molecule has 0 radical (unpaired) electrons. The topological polar surface area (TPSA) is 78.9 Å². The minimum atomic E-state index is -0.203. The molecule has 0 spiro atoms. The van der Waals surface area contributed by atoms with Gasteiger partial charge in [-0.15, -0.1) is 0 Å². The number of hydrogen-bond donors (Lipinski definition) is 3. The number of nitrogens with zero attached hydrogens (tertiary/aromatic N) is 2. The van der Waals surface area contributed by atoms with Gasteiger partial charge in [0.1, 0.15) is 5.82 Å². The van der Waals surface area contributed by atoms with Gasteiger partial charge in [-0.1, -0.05) is 26.0 Å². The second kappa shape index (κ2) is 8.05. The van der Waals surface area contributed by atoms with Gasteiger partial charge in [0.2, 0.25) is 0 Å². The first-order valence-electron chi connectivity index (χ1n) is 10.7. The molecule has 1 aliphatic rings. The van der Waals surface area contributed by atoms with Gasteiger partial charge in [0.25, 0.3) is 5.91 Å². The highest BCUT2D eigenvalue weighted by Gasteiger charge is 2.27. The molecule has 2 aromatic heterocycles. The third-order valence-electron chi connectivity index (χ3n) is 5.93. The molecule has 4 aromatic rings. The number of fused-ring (bicyclic) bond motifs is 2. The Morgan fingerprint density at radius 2 is 1.88 bits per heavy atom. The van der Waals surface area contributed by atoms with Crippen molar-refractivity contribution in [3.8, 4) is 0 Å². The van der Waals surface area contributed by atoms with Gasteiger partial charge in [0.05, 0.1) is 5.56 Å². The largest absolute Gasteiger partial charge is 0.340 e. The van der Waals surface area contributed by atoms with Gasteiger partial charge >= 0.3 is 0 Å². The maximum absolute atomic E-state index is 13.1. The van der Waals surface area contributed by atoms with Crippen LogP contribution >= 0.6 is 0 Å². The zero-order chi connectivity index (χ0) is 22.1. The highest BCUT2D eigenvalue weighted by Crippen LogP contribution is 2.31. The molecule has 1 amide bonds. The van der Waals surface area contributed by atoms with Crippen molar-refractivity contribution < 1.29 is 4.79 Å². The predicted octanol–water partition coefficient (Wildman–Crippen LogP) is 5.01. The van der Waals surface area contributed by atoms with Gasteiger partial charge in [-0.3, -0.25) is 9.78 Å². The van der Waals surface area contributed by atoms with Crippen LogP contribution in [0.2, 0.25) is 0 Å². The second-order valence-corrected chi connectivity index (χ2v) is 8.78. The number of rotatable bonds is 4. The summed E-state index contributed by atoms with van der Waals surface area (Å²) in [6.07, 6.45) is 5.27. The van der Waals surface area contributed by atoms with Crippen molar-refractivity contribution in [3.63, 3.8) is 0 Å². The Balaban J connectivity index is 1.39. The van der Waals surface area contributed by atoms with Crippen molar-refractivity contribution >= 4 is 33.9 Å². The Morgan fingerprint density at radius 3 is 2.78 bits per heavy atom. The lowest BCUT2D eigenvalue weighted by atomic mass is 9.79. The predicted molar refractivity (Wildman–Crippen MR) is 128 cm³/mol. The molecule has 0 fully saturated rings. The SMILES string of the molecule is CC1(C)CNCc2cc(NC(=O)c3cccnc3Nc3ccc4ccncc4c3)ccc21. The maximum atomic E-state index is 13.1. The molecule has 6 nitrogen and oxygen atoms in total. The lowest BCUT2D eigenvalue weighted by Crippen LogP contribution is -2.38. The number of hydrogen-bond acceptors (Lipinski definition) is 5. The summed E-state index contributed by atoms with van der Waals surface area (Å²) < 4.78 is 0. The molecular formula is C26H25N5O. The minimum absolute atomic E-state index is 0.0753. The number of aromatic nitrogens is 2. The monoisotopic (exact) mass is 423 g/mol. The smallest absolute Gasteiger partial charge is 0.259 e. The molecule has 3 N–H and O–H groups in total. The average molecular weight is 424 g/mol. The van der Waals surface area contributed by atoms with Crippen LogP contribution in [-0.2, 0) is 12.0 Å². The van der Waals surface area contributed by atoms with Crippen LogP contribution < -0.4 is 16.0 Å². The molecule has 0 aliphatic carbocycles. The van der Waals surface area contributed by atoms with Gasteiger partial charge in [0, 0.05) is 53.9 Å². The molecule has 3 heterocycles. The van der Waals surface area contributed by atoms with E-state index < -0.39 is 0 Å². The van der Waals surface area contributed by atoms with E-state index in [9.17, 15) is 4.79 Å². The number of benzene rings is 2. The Kier molecular flexibility index (Phi) is 5.07. The first kappa shape index (κ1) is 20.2. The fourth-order valence-corrected chi connectivity index (χ4v) is 4.27. The highest BCUT2D eigenvalue weighted by molar-refractivity contribution is 6.08. The van der Waals surface area contributed by atoms with E-state index in [1.807, 2.05) is 36.5 Å². The molecule has 0 atom stereocenters. The summed E-state index contributed by atoms with van der Waals surface area (Å²) in [4.78, 5) is 21.7. The summed E-state index contributed by atoms with van der Waals surface area (Å²) >= 11 is 0. The molecule has 1 aliphatic heterocycles. The third kappa shape index (κ3) is 3.92. The first-order valence-corrected chi connectivity index (χ1v) is 10.7. The van der Waals surface area contributed by atoms with Crippen LogP contribution in [0, 0.1) is 0 Å². The minimum Gasteiger partial charge on any atom is -0.340 e. The van der Waals surface area contributed by atoms with E-state index in [-0.39, 0.29) is 11.3 Å². The van der Waals surface area contributed by atoms with Gasteiger partial charge in [-0.05, 0) is 59.0 Å². The van der Waals surface area contributed by atoms with E-state index in [2.05, 4.69) is 51.9 Å². The fraction of sp³-hybridized carbons (Fsp3) is 0.192. The maximum Gasteiger partial charge on any atom is 0.259 e. The zero-order valence-electron chi connectivity index (χ0n) is 18.1. The third-order valence-corrected chi connectivity index (χ3v) is 5.93. The molecule has 0 unspecified atom stereocenters. The molecule has 5 rings (SSSR count). The van der Waals surface area contributed by atoms with Crippen LogP contribution in [0.5, 0.6) is 0 Å². The van der Waals surface area contributed by atoms with Crippen molar-refractivity contribution in [2.45, 2.75) is 25.8 Å². The van der Waals surface area contributed by atoms with Crippen LogP contribution in [0.3, 0.4) is 0 Å². The molecular weight excluding hydrogens is 398 g/mol. The van der Waals surface area contributed by atoms with Crippen molar-refractivity contribution in [2.75, 3.05) is 17.2 Å². The summed E-state index contributed by atoms with van der Waals surface area (Å²) in [5, 5.41) is 11.9. The highest BCUT2D eigenvalue weighted by atomic mass is 16.1. The Hall–Kier alpha value is -3.77. The standard InChI is InChI=1S/C26H25N5O/c1-26(2)16-28-15-19-13-21(7-8-23(19)26)31-25(32)22-4-3-10-29-24(22)30-20-6-5-17-9-11-27-14-18(17)12-20/h3-14,28H,15-16H2,1-2H3,(H,29,30)(H,31,32). The van der Waals surface area contributed by atoms with E-state index in [0.717, 1.165) is 35.2 Å². The quantitative estimate of drug-likeness (QED) is 0.430. The fourth-order valence-electron chi connectivity index (χ4n) is 4.27. The Labute approximate surface area is 187 Å².